The van der Waals surface area contributed by atoms with Crippen LogP contribution in [0.4, 0.5) is 0 Å². The van der Waals surface area contributed by atoms with Crippen molar-refractivity contribution in [2.75, 3.05) is 7.11 Å². The van der Waals surface area contributed by atoms with Gasteiger partial charge in [-0.1, -0.05) is 20.8 Å². The molecule has 1 aromatic heterocycles. The third kappa shape index (κ3) is 3.34. The summed E-state index contributed by atoms with van der Waals surface area (Å²) in [6.07, 6.45) is 4.14. The van der Waals surface area contributed by atoms with Crippen LogP contribution >= 0.6 is 11.3 Å². The molecule has 3 heteroatoms. The largest absolute Gasteiger partial charge is 0.380 e. The lowest BCUT2D eigenvalue weighted by Crippen LogP contribution is -2.36. The highest BCUT2D eigenvalue weighted by Gasteiger charge is 2.26. The Morgan fingerprint density at radius 2 is 2.11 bits per heavy atom. The van der Waals surface area contributed by atoms with E-state index in [4.69, 9.17) is 4.74 Å². The van der Waals surface area contributed by atoms with Crippen molar-refractivity contribution in [2.24, 2.45) is 0 Å². The van der Waals surface area contributed by atoms with Crippen LogP contribution in [0.5, 0.6) is 0 Å². The number of ether oxygens (including phenoxy) is 1. The van der Waals surface area contributed by atoms with Gasteiger partial charge in [-0.25, -0.2) is 0 Å². The summed E-state index contributed by atoms with van der Waals surface area (Å²) in [6, 6.07) is 5.06. The van der Waals surface area contributed by atoms with Gasteiger partial charge in [0.15, 0.2) is 0 Å². The van der Waals surface area contributed by atoms with E-state index in [9.17, 15) is 0 Å². The van der Waals surface area contributed by atoms with E-state index in [1.807, 2.05) is 18.4 Å². The summed E-state index contributed by atoms with van der Waals surface area (Å²) in [5.74, 6) is 0. The number of hydrogen-bond acceptors (Lipinski definition) is 3. The lowest BCUT2D eigenvalue weighted by Gasteiger charge is -2.19. The lowest BCUT2D eigenvalue weighted by molar-refractivity contribution is 0.0848. The molecule has 102 valence electrons. The molecule has 0 radical (unpaired) electrons. The molecule has 0 amide bonds. The quantitative estimate of drug-likeness (QED) is 0.898. The zero-order valence-corrected chi connectivity index (χ0v) is 12.8. The van der Waals surface area contributed by atoms with Gasteiger partial charge in [0.2, 0.25) is 0 Å². The smallest absolute Gasteiger partial charge is 0.0724 e. The van der Waals surface area contributed by atoms with Crippen molar-refractivity contribution in [1.29, 1.82) is 0 Å². The first-order valence-electron chi connectivity index (χ1n) is 6.86. The van der Waals surface area contributed by atoms with Crippen molar-refractivity contribution in [3.05, 3.63) is 21.9 Å². The van der Waals surface area contributed by atoms with Crippen LogP contribution < -0.4 is 5.32 Å². The molecule has 1 aromatic rings. The minimum Gasteiger partial charge on any atom is -0.380 e. The van der Waals surface area contributed by atoms with Gasteiger partial charge < -0.3 is 10.1 Å². The first-order valence-corrected chi connectivity index (χ1v) is 7.67. The van der Waals surface area contributed by atoms with Crippen LogP contribution in [0.25, 0.3) is 0 Å². The molecule has 1 heterocycles. The zero-order valence-electron chi connectivity index (χ0n) is 12.0. The molecule has 1 fully saturated rings. The van der Waals surface area contributed by atoms with Crippen molar-refractivity contribution < 1.29 is 4.74 Å². The van der Waals surface area contributed by atoms with Gasteiger partial charge in [0.25, 0.3) is 0 Å². The molecule has 1 saturated carbocycles. The van der Waals surface area contributed by atoms with E-state index >= 15 is 0 Å². The van der Waals surface area contributed by atoms with Gasteiger partial charge in [0, 0.05) is 29.5 Å². The fourth-order valence-corrected chi connectivity index (χ4v) is 3.57. The Bertz CT molecular complexity index is 380. The van der Waals surface area contributed by atoms with Gasteiger partial charge in [-0.3, -0.25) is 0 Å². The molecule has 2 rings (SSSR count). The Kier molecular flexibility index (Phi) is 4.46. The van der Waals surface area contributed by atoms with E-state index in [1.54, 1.807) is 0 Å². The van der Waals surface area contributed by atoms with Crippen LogP contribution in [0.15, 0.2) is 12.1 Å². The molecule has 0 aromatic carbocycles. The Morgan fingerprint density at radius 3 is 2.72 bits per heavy atom. The number of thiophene rings is 1. The second-order valence-corrected chi connectivity index (χ2v) is 7.38. The topological polar surface area (TPSA) is 21.3 Å². The van der Waals surface area contributed by atoms with Crippen LogP contribution in [0, 0.1) is 0 Å². The third-order valence-corrected chi connectivity index (χ3v) is 5.21. The molecule has 2 nitrogen and oxygen atoms in total. The Morgan fingerprint density at radius 1 is 1.33 bits per heavy atom. The Hall–Kier alpha value is -0.380. The van der Waals surface area contributed by atoms with Crippen molar-refractivity contribution >= 4 is 11.3 Å². The molecule has 2 unspecified atom stereocenters. The number of hydrogen-bond donors (Lipinski definition) is 1. The van der Waals surface area contributed by atoms with Gasteiger partial charge in [-0.05, 0) is 36.8 Å². The van der Waals surface area contributed by atoms with Crippen LogP contribution in [-0.4, -0.2) is 19.3 Å². The Balaban J connectivity index is 1.89. The standard InChI is InChI=1S/C15H25NOS/c1-15(2,3)14-9-8-11(18-14)10-16-12-6-5-7-13(12)17-4/h8-9,12-13,16H,5-7,10H2,1-4H3. The van der Waals surface area contributed by atoms with Crippen molar-refractivity contribution in [2.45, 2.75) is 64.1 Å². The summed E-state index contributed by atoms with van der Waals surface area (Å²) in [4.78, 5) is 2.90. The fourth-order valence-electron chi connectivity index (χ4n) is 2.55. The van der Waals surface area contributed by atoms with Gasteiger partial charge >= 0.3 is 0 Å². The van der Waals surface area contributed by atoms with Crippen LogP contribution in [0.3, 0.4) is 0 Å². The van der Waals surface area contributed by atoms with Crippen molar-refractivity contribution in [3.8, 4) is 0 Å². The van der Waals surface area contributed by atoms with Crippen LogP contribution in [-0.2, 0) is 16.7 Å². The van der Waals surface area contributed by atoms with Crippen molar-refractivity contribution in [3.63, 3.8) is 0 Å². The van der Waals surface area contributed by atoms with Gasteiger partial charge in [0.05, 0.1) is 6.10 Å². The molecule has 0 aliphatic heterocycles. The van der Waals surface area contributed by atoms with Gasteiger partial charge in [-0.15, -0.1) is 11.3 Å². The predicted octanol–water partition coefficient (Wildman–Crippen LogP) is 3.70. The summed E-state index contributed by atoms with van der Waals surface area (Å²) < 4.78 is 5.51. The maximum Gasteiger partial charge on any atom is 0.0724 e. The normalized spacial score (nSPS) is 24.7. The van der Waals surface area contributed by atoms with E-state index in [-0.39, 0.29) is 5.41 Å². The molecule has 18 heavy (non-hydrogen) atoms. The van der Waals surface area contributed by atoms with E-state index in [1.165, 1.54) is 29.0 Å². The maximum absolute atomic E-state index is 5.51. The molecular weight excluding hydrogens is 242 g/mol. The average molecular weight is 267 g/mol. The summed E-state index contributed by atoms with van der Waals surface area (Å²) in [5, 5.41) is 3.65. The molecule has 0 spiro atoms. The van der Waals surface area contributed by atoms with E-state index < -0.39 is 0 Å². The van der Waals surface area contributed by atoms with Gasteiger partial charge in [-0.2, -0.15) is 0 Å². The highest BCUT2D eigenvalue weighted by atomic mass is 32.1. The highest BCUT2D eigenvalue weighted by Crippen LogP contribution is 2.30. The van der Waals surface area contributed by atoms with Crippen LogP contribution in [0.1, 0.15) is 49.8 Å². The zero-order chi connectivity index (χ0) is 13.2. The summed E-state index contributed by atoms with van der Waals surface area (Å²) in [7, 11) is 1.83. The second kappa shape index (κ2) is 5.72. The minimum absolute atomic E-state index is 0.269. The first-order chi connectivity index (χ1) is 8.50. The molecule has 2 atom stereocenters. The fraction of sp³-hybridized carbons (Fsp3) is 0.733. The lowest BCUT2D eigenvalue weighted by atomic mass is 9.95. The van der Waals surface area contributed by atoms with E-state index in [2.05, 4.69) is 38.2 Å². The first kappa shape index (κ1) is 14.0. The summed E-state index contributed by atoms with van der Waals surface area (Å²) >= 11 is 1.93. The average Bonchev–Trinajstić information content (AvgIpc) is 2.94. The molecule has 0 bridgehead atoms. The van der Waals surface area contributed by atoms with E-state index in [0.717, 1.165) is 6.54 Å². The maximum atomic E-state index is 5.51. The summed E-state index contributed by atoms with van der Waals surface area (Å²) in [6.45, 7) is 7.79. The second-order valence-electron chi connectivity index (χ2n) is 6.21. The van der Waals surface area contributed by atoms with Gasteiger partial charge in [0.1, 0.15) is 0 Å². The predicted molar refractivity (Wildman–Crippen MR) is 78.3 cm³/mol. The number of methoxy groups -OCH3 is 1. The molecule has 1 aliphatic carbocycles. The minimum atomic E-state index is 0.269. The molecular formula is C15H25NOS. The molecule has 1 aliphatic rings. The number of nitrogens with one attached hydrogen (secondary N) is 1. The third-order valence-electron chi connectivity index (χ3n) is 3.69. The summed E-state index contributed by atoms with van der Waals surface area (Å²) in [5.41, 5.74) is 0.269. The molecule has 1 N–H and O–H groups in total. The monoisotopic (exact) mass is 267 g/mol. The van der Waals surface area contributed by atoms with Crippen LogP contribution in [0.2, 0.25) is 0 Å². The van der Waals surface area contributed by atoms with E-state index in [0.29, 0.717) is 12.1 Å². The molecule has 0 saturated heterocycles. The Labute approximate surface area is 115 Å². The number of rotatable bonds is 4. The SMILES string of the molecule is COC1CCCC1NCc1ccc(C(C)(C)C)s1. The highest BCUT2D eigenvalue weighted by molar-refractivity contribution is 7.12. The van der Waals surface area contributed by atoms with Crippen molar-refractivity contribution in [1.82, 2.24) is 5.32 Å².